The summed E-state index contributed by atoms with van der Waals surface area (Å²) in [6.45, 7) is 8.70. The number of likely N-dealkylation sites (N-methyl/N-ethyl adjacent to an activating group) is 1. The van der Waals surface area contributed by atoms with Gasteiger partial charge in [0.05, 0.1) is 19.0 Å². The summed E-state index contributed by atoms with van der Waals surface area (Å²) in [5, 5.41) is 56.4. The number of aromatic amines is 2. The molecule has 28 nitrogen and oxygen atoms in total. The number of aliphatic hydroxyl groups excluding tert-OH is 1. The van der Waals surface area contributed by atoms with Crippen LogP contribution in [0.5, 0.6) is 5.75 Å². The monoisotopic (exact) mass is 1210 g/mol. The van der Waals surface area contributed by atoms with Crippen LogP contribution in [0.4, 0.5) is 0 Å². The topological polar surface area (TPSA) is 429 Å². The smallest absolute Gasteiger partial charge is 0.251 e. The number of rotatable bonds is 32. The van der Waals surface area contributed by atoms with Crippen LogP contribution in [0, 0.1) is 17.2 Å². The zero-order valence-corrected chi connectivity index (χ0v) is 49.8. The van der Waals surface area contributed by atoms with Crippen molar-refractivity contribution >= 4 is 75.9 Å². The maximum absolute atomic E-state index is 14.7. The number of aliphatic hydroxyl groups is 1. The number of nitrogens with two attached hydrogens (primary N) is 1. The average Bonchev–Trinajstić information content (AvgIpc) is 4.31. The number of guanidine groups is 1. The molecule has 10 amide bonds. The maximum atomic E-state index is 14.7. The molecule has 2 aromatic heterocycles. The zero-order chi connectivity index (χ0) is 63.3. The van der Waals surface area contributed by atoms with Gasteiger partial charge in [0.2, 0.25) is 53.2 Å². The second kappa shape index (κ2) is 32.5. The standard InChI is InChI=1S/C59H84N16O12/c1-6-75(57(86)41-13-9-21-63-41)58(87)42(14-10-22-64-59(60)61)68-51(80)43(23-32(2)3)69-52(81)44(24-33(4)5)70-53(82)45(25-34-15-17-37(77)18-16-34)71-56(85)48(30-76)74-54(83)46(26-35-28-65-39-12-8-7-11-38(35)39)72-55(84)47(27-36-29-62-31-66-36)73-50(79)40-19-20-49(78)67-40/h7-8,11-12,15-18,28-29,31-33,40-48,63,65,76-77H,6,9-10,13-14,19-27,30H2,1-5H3,(H,62,66)(H,67,78)(H,68,80)(H,69,81)(H,70,82)(H,71,85)(H,72,84)(H,73,79)(H,74,83)(H4,60,61,64)/t40-,41+,42+,43+,44-,45-,46-,47-,48-/m1/s1. The molecule has 0 unspecified atom stereocenters. The molecule has 2 aliphatic heterocycles. The van der Waals surface area contributed by atoms with E-state index in [1.54, 1.807) is 45.2 Å². The van der Waals surface area contributed by atoms with Gasteiger partial charge in [-0.15, -0.1) is 0 Å². The normalized spacial score (nSPS) is 17.1. The average molecular weight is 1210 g/mol. The van der Waals surface area contributed by atoms with E-state index in [9.17, 15) is 58.2 Å². The fourth-order valence-electron chi connectivity index (χ4n) is 10.4. The van der Waals surface area contributed by atoms with E-state index in [1.165, 1.54) is 36.8 Å². The minimum absolute atomic E-state index is 0.0236. The van der Waals surface area contributed by atoms with Crippen molar-refractivity contribution in [3.05, 3.63) is 84.1 Å². The minimum atomic E-state index is -1.76. The molecule has 17 N–H and O–H groups in total. The number of aromatic nitrogens is 3. The van der Waals surface area contributed by atoms with E-state index in [-0.39, 0.29) is 100 Å². The van der Waals surface area contributed by atoms with Gasteiger partial charge in [0.15, 0.2) is 5.96 Å². The molecule has 0 radical (unpaired) electrons. The van der Waals surface area contributed by atoms with E-state index in [4.69, 9.17) is 11.1 Å². The highest BCUT2D eigenvalue weighted by atomic mass is 16.3. The molecule has 2 saturated heterocycles. The molecule has 2 aliphatic rings. The SMILES string of the molecule is CCN(C(=O)[C@@H]1CCCN1)C(=O)[C@H](CCCNC(=N)N)NC(=O)[C@H](CC(C)C)NC(=O)[C@@H](CC(C)C)NC(=O)[C@@H](Cc1ccc(O)cc1)NC(=O)[C@@H](CO)NC(=O)[C@@H](Cc1c[nH]c2ccccc12)NC(=O)[C@@H](Cc1cnc[nH]1)NC(=O)[C@H]1CCC(=O)N1. The van der Waals surface area contributed by atoms with Gasteiger partial charge in [-0.2, -0.15) is 0 Å². The largest absolute Gasteiger partial charge is 0.508 e. The second-order valence-corrected chi connectivity index (χ2v) is 22.8. The number of para-hydroxylation sites is 1. The van der Waals surface area contributed by atoms with Crippen LogP contribution >= 0.6 is 0 Å². The molecule has 0 spiro atoms. The fourth-order valence-corrected chi connectivity index (χ4v) is 10.4. The van der Waals surface area contributed by atoms with E-state index in [0.29, 0.717) is 35.2 Å². The second-order valence-electron chi connectivity index (χ2n) is 22.8. The lowest BCUT2D eigenvalue weighted by atomic mass is 9.98. The van der Waals surface area contributed by atoms with Crippen molar-refractivity contribution < 1.29 is 58.2 Å². The first-order valence-electron chi connectivity index (χ1n) is 29.5. The van der Waals surface area contributed by atoms with Crippen molar-refractivity contribution in [3.8, 4) is 5.75 Å². The van der Waals surface area contributed by atoms with Crippen LogP contribution in [0.15, 0.2) is 67.3 Å². The lowest BCUT2D eigenvalue weighted by Gasteiger charge is -2.30. The van der Waals surface area contributed by atoms with Crippen molar-refractivity contribution in [2.75, 3.05) is 26.2 Å². The molecule has 9 atom stereocenters. The van der Waals surface area contributed by atoms with Gasteiger partial charge in [0, 0.05) is 67.8 Å². The van der Waals surface area contributed by atoms with Crippen LogP contribution in [0.1, 0.15) is 103 Å². The predicted octanol–water partition coefficient (Wildman–Crippen LogP) is -1.23. The lowest BCUT2D eigenvalue weighted by Crippen LogP contribution is -2.61. The lowest BCUT2D eigenvalue weighted by molar-refractivity contribution is -0.148. The van der Waals surface area contributed by atoms with E-state index >= 15 is 0 Å². The predicted molar refractivity (Wildman–Crippen MR) is 319 cm³/mol. The Balaban J connectivity index is 1.22. The first-order valence-corrected chi connectivity index (χ1v) is 29.5. The Kier molecular flexibility index (Phi) is 25.1. The van der Waals surface area contributed by atoms with E-state index in [1.807, 2.05) is 19.9 Å². The number of fused-ring (bicyclic) bond motifs is 1. The van der Waals surface area contributed by atoms with Gasteiger partial charge in [0.1, 0.15) is 54.1 Å². The summed E-state index contributed by atoms with van der Waals surface area (Å²) in [5.41, 5.74) is 7.68. The first kappa shape index (κ1) is 67.2. The number of nitrogens with one attached hydrogen (secondary N) is 13. The Labute approximate surface area is 504 Å². The Bertz CT molecular complexity index is 3040. The third-order valence-corrected chi connectivity index (χ3v) is 15.0. The first-order chi connectivity index (χ1) is 41.5. The number of H-pyrrole nitrogens is 2. The van der Waals surface area contributed by atoms with Crippen LogP contribution in [0.2, 0.25) is 0 Å². The molecule has 0 bridgehead atoms. The van der Waals surface area contributed by atoms with Crippen molar-refractivity contribution in [2.24, 2.45) is 17.6 Å². The number of hydrogen-bond donors (Lipinski definition) is 16. The summed E-state index contributed by atoms with van der Waals surface area (Å²) in [7, 11) is 0. The van der Waals surface area contributed by atoms with Crippen LogP contribution in [0.3, 0.4) is 0 Å². The van der Waals surface area contributed by atoms with Gasteiger partial charge in [0.25, 0.3) is 5.91 Å². The number of nitrogens with zero attached hydrogens (tertiary/aromatic N) is 2. The third kappa shape index (κ3) is 20.1. The molecule has 4 aromatic rings. The molecule has 2 fully saturated rings. The number of phenolic OH excluding ortho intramolecular Hbond substituents is 1. The number of imide groups is 1. The highest BCUT2D eigenvalue weighted by Gasteiger charge is 2.38. The molecule has 28 heteroatoms. The fraction of sp³-hybridized carbons (Fsp3) is 0.525. The van der Waals surface area contributed by atoms with Gasteiger partial charge in [-0.05, 0) is 99.6 Å². The molecule has 4 heterocycles. The minimum Gasteiger partial charge on any atom is -0.508 e. The maximum Gasteiger partial charge on any atom is 0.251 e. The summed E-state index contributed by atoms with van der Waals surface area (Å²) in [4.78, 5) is 151. The Hall–Kier alpha value is -8.92. The summed E-state index contributed by atoms with van der Waals surface area (Å²) in [6.07, 6.45) is 5.98. The number of hydrogen-bond acceptors (Lipinski definition) is 15. The molecule has 6 rings (SSSR count). The van der Waals surface area contributed by atoms with E-state index in [0.717, 1.165) is 16.8 Å². The Morgan fingerprint density at radius 1 is 0.713 bits per heavy atom. The number of benzene rings is 2. The summed E-state index contributed by atoms with van der Waals surface area (Å²) >= 11 is 0. The number of carbonyl (C=O) groups is 10. The summed E-state index contributed by atoms with van der Waals surface area (Å²) < 4.78 is 0. The van der Waals surface area contributed by atoms with Gasteiger partial charge < -0.3 is 79.1 Å². The van der Waals surface area contributed by atoms with Gasteiger partial charge in [-0.1, -0.05) is 58.0 Å². The number of aromatic hydroxyl groups is 1. The molecule has 472 valence electrons. The van der Waals surface area contributed by atoms with Crippen molar-refractivity contribution in [1.82, 2.24) is 73.0 Å². The van der Waals surface area contributed by atoms with Crippen molar-refractivity contribution in [3.63, 3.8) is 0 Å². The Morgan fingerprint density at radius 2 is 1.29 bits per heavy atom. The number of phenols is 1. The molecule has 87 heavy (non-hydrogen) atoms. The van der Waals surface area contributed by atoms with Gasteiger partial charge in [-0.25, -0.2) is 4.98 Å². The van der Waals surface area contributed by atoms with Crippen LogP contribution in [0.25, 0.3) is 10.9 Å². The number of amides is 10. The van der Waals surface area contributed by atoms with E-state index < -0.39 is 114 Å². The van der Waals surface area contributed by atoms with Crippen molar-refractivity contribution in [2.45, 2.75) is 160 Å². The molecular weight excluding hydrogens is 1120 g/mol. The quantitative estimate of drug-likeness (QED) is 0.0155. The molecule has 0 saturated carbocycles. The number of imidazole rings is 1. The number of carbonyl (C=O) groups excluding carboxylic acids is 10. The van der Waals surface area contributed by atoms with Gasteiger partial charge >= 0.3 is 0 Å². The highest BCUT2D eigenvalue weighted by Crippen LogP contribution is 2.21. The van der Waals surface area contributed by atoms with Crippen LogP contribution < -0.4 is 58.9 Å². The molecule has 2 aromatic carbocycles. The van der Waals surface area contributed by atoms with Crippen LogP contribution in [-0.4, -0.2) is 176 Å². The van der Waals surface area contributed by atoms with Crippen molar-refractivity contribution in [1.29, 1.82) is 5.41 Å². The Morgan fingerprint density at radius 3 is 1.84 bits per heavy atom. The third-order valence-electron chi connectivity index (χ3n) is 15.0. The van der Waals surface area contributed by atoms with Crippen LogP contribution in [-0.2, 0) is 67.2 Å². The molecule has 0 aliphatic carbocycles. The zero-order valence-electron chi connectivity index (χ0n) is 49.8. The van der Waals surface area contributed by atoms with E-state index in [2.05, 4.69) is 68.1 Å². The summed E-state index contributed by atoms with van der Waals surface area (Å²) in [5.74, 6) is -8.06. The molecular formula is C59H84N16O12. The highest BCUT2D eigenvalue weighted by molar-refractivity contribution is 6.02. The van der Waals surface area contributed by atoms with Gasteiger partial charge in [-0.3, -0.25) is 58.3 Å². The summed E-state index contributed by atoms with van der Waals surface area (Å²) in [6, 6.07) is 1.60.